The highest BCUT2D eigenvalue weighted by Gasteiger charge is 2.34. The van der Waals surface area contributed by atoms with Crippen LogP contribution in [0.5, 0.6) is 5.75 Å². The second-order valence-corrected chi connectivity index (χ2v) is 6.62. The predicted octanol–water partition coefficient (Wildman–Crippen LogP) is 3.47. The maximum Gasteiger partial charge on any atom is 0.244 e. The zero-order valence-electron chi connectivity index (χ0n) is 15.3. The van der Waals surface area contributed by atoms with E-state index < -0.39 is 0 Å². The number of carbonyl (C=O) groups is 1. The Morgan fingerprint density at radius 1 is 1.19 bits per heavy atom. The van der Waals surface area contributed by atoms with Crippen LogP contribution >= 0.6 is 0 Å². The van der Waals surface area contributed by atoms with E-state index in [1.54, 1.807) is 13.2 Å². The molecule has 0 bridgehead atoms. The first-order chi connectivity index (χ1) is 12.6. The Morgan fingerprint density at radius 2 is 1.92 bits per heavy atom. The molecule has 26 heavy (non-hydrogen) atoms. The standard InChI is InChI=1S/C21H25NO4/c1-16-3-6-19(26-16)9-10-20(23)22-15-21(11-13-25-14-12-21)17-4-7-18(24-2)8-5-17/h3-10H,11-15H2,1-2H3,(H,22,23). The number of hydrogen-bond acceptors (Lipinski definition) is 4. The number of carbonyl (C=O) groups excluding carboxylic acids is 1. The number of hydrogen-bond donors (Lipinski definition) is 1. The van der Waals surface area contributed by atoms with Crippen molar-refractivity contribution < 1.29 is 18.7 Å². The van der Waals surface area contributed by atoms with E-state index in [4.69, 9.17) is 13.9 Å². The number of rotatable bonds is 6. The largest absolute Gasteiger partial charge is 0.497 e. The van der Waals surface area contributed by atoms with E-state index in [0.29, 0.717) is 25.5 Å². The molecule has 1 aliphatic heterocycles. The van der Waals surface area contributed by atoms with Crippen molar-refractivity contribution in [2.75, 3.05) is 26.9 Å². The summed E-state index contributed by atoms with van der Waals surface area (Å²) in [5.41, 5.74) is 1.09. The maximum absolute atomic E-state index is 12.2. The summed E-state index contributed by atoms with van der Waals surface area (Å²) in [6.45, 7) is 3.84. The van der Waals surface area contributed by atoms with E-state index in [9.17, 15) is 4.79 Å². The molecule has 1 aromatic heterocycles. The zero-order valence-corrected chi connectivity index (χ0v) is 15.3. The van der Waals surface area contributed by atoms with E-state index in [1.807, 2.05) is 31.2 Å². The number of methoxy groups -OCH3 is 1. The molecule has 1 amide bonds. The molecule has 0 aliphatic carbocycles. The minimum atomic E-state index is -0.126. The molecule has 3 rings (SSSR count). The fourth-order valence-corrected chi connectivity index (χ4v) is 3.29. The van der Waals surface area contributed by atoms with Crippen molar-refractivity contribution in [3.63, 3.8) is 0 Å². The minimum absolute atomic E-state index is 0.116. The molecule has 1 saturated heterocycles. The fraction of sp³-hybridized carbons (Fsp3) is 0.381. The van der Waals surface area contributed by atoms with Gasteiger partial charge in [-0.25, -0.2) is 0 Å². The summed E-state index contributed by atoms with van der Waals surface area (Å²) < 4.78 is 16.2. The van der Waals surface area contributed by atoms with Gasteiger partial charge in [-0.2, -0.15) is 0 Å². The third kappa shape index (κ3) is 4.35. The van der Waals surface area contributed by atoms with Gasteiger partial charge in [0.05, 0.1) is 7.11 Å². The normalized spacial score (nSPS) is 16.5. The molecular formula is C21H25NO4. The van der Waals surface area contributed by atoms with Crippen LogP contribution in [0.1, 0.15) is 29.9 Å². The summed E-state index contributed by atoms with van der Waals surface area (Å²) in [4.78, 5) is 12.2. The first-order valence-corrected chi connectivity index (χ1v) is 8.86. The molecule has 1 N–H and O–H groups in total. The molecule has 5 heteroatoms. The predicted molar refractivity (Wildman–Crippen MR) is 100 cm³/mol. The molecule has 0 unspecified atom stereocenters. The highest BCUT2D eigenvalue weighted by Crippen LogP contribution is 2.35. The third-order valence-corrected chi connectivity index (χ3v) is 4.91. The molecule has 2 aromatic rings. The van der Waals surface area contributed by atoms with Crippen LogP contribution in [-0.4, -0.2) is 32.8 Å². The van der Waals surface area contributed by atoms with Crippen LogP contribution in [-0.2, 0) is 14.9 Å². The SMILES string of the molecule is COc1ccc(C2(CNC(=O)C=Cc3ccc(C)o3)CCOCC2)cc1. The van der Waals surface area contributed by atoms with Gasteiger partial charge in [-0.05, 0) is 55.7 Å². The summed E-state index contributed by atoms with van der Waals surface area (Å²) in [5.74, 6) is 2.20. The average molecular weight is 355 g/mol. The topological polar surface area (TPSA) is 60.7 Å². The quantitative estimate of drug-likeness (QED) is 0.806. The Bertz CT molecular complexity index is 755. The van der Waals surface area contributed by atoms with Gasteiger partial charge in [0.25, 0.3) is 0 Å². The summed E-state index contributed by atoms with van der Waals surface area (Å²) in [7, 11) is 1.66. The monoisotopic (exact) mass is 355 g/mol. The number of furan rings is 1. The number of nitrogens with one attached hydrogen (secondary N) is 1. The van der Waals surface area contributed by atoms with E-state index >= 15 is 0 Å². The number of benzene rings is 1. The fourth-order valence-electron chi connectivity index (χ4n) is 3.29. The molecule has 0 saturated carbocycles. The van der Waals surface area contributed by atoms with Crippen LogP contribution < -0.4 is 10.1 Å². The lowest BCUT2D eigenvalue weighted by atomic mass is 9.74. The molecule has 1 aromatic carbocycles. The maximum atomic E-state index is 12.2. The minimum Gasteiger partial charge on any atom is -0.497 e. The van der Waals surface area contributed by atoms with Crippen LogP contribution in [0.15, 0.2) is 46.9 Å². The number of aryl methyl sites for hydroxylation is 1. The lowest BCUT2D eigenvalue weighted by Crippen LogP contribution is -2.44. The summed E-state index contributed by atoms with van der Waals surface area (Å²) in [6, 6.07) is 11.8. The Labute approximate surface area is 154 Å². The lowest BCUT2D eigenvalue weighted by Gasteiger charge is -2.38. The first kappa shape index (κ1) is 18.3. The Balaban J connectivity index is 1.68. The molecule has 0 radical (unpaired) electrons. The van der Waals surface area contributed by atoms with Crippen molar-refractivity contribution >= 4 is 12.0 Å². The first-order valence-electron chi connectivity index (χ1n) is 8.86. The molecule has 5 nitrogen and oxygen atoms in total. The Morgan fingerprint density at radius 3 is 2.54 bits per heavy atom. The number of ether oxygens (including phenoxy) is 2. The van der Waals surface area contributed by atoms with Gasteiger partial charge >= 0.3 is 0 Å². The second kappa shape index (κ2) is 8.23. The van der Waals surface area contributed by atoms with Gasteiger partial charge in [0.1, 0.15) is 17.3 Å². The van der Waals surface area contributed by atoms with Crippen LogP contribution in [0.4, 0.5) is 0 Å². The second-order valence-electron chi connectivity index (χ2n) is 6.62. The molecule has 1 aliphatic rings. The van der Waals surface area contributed by atoms with Gasteiger partial charge in [0.15, 0.2) is 0 Å². The van der Waals surface area contributed by atoms with Crippen LogP contribution in [0.2, 0.25) is 0 Å². The van der Waals surface area contributed by atoms with E-state index in [-0.39, 0.29) is 11.3 Å². The Kier molecular flexibility index (Phi) is 5.78. The van der Waals surface area contributed by atoms with Gasteiger partial charge in [0, 0.05) is 31.2 Å². The van der Waals surface area contributed by atoms with Crippen molar-refractivity contribution in [3.05, 3.63) is 59.6 Å². The van der Waals surface area contributed by atoms with Gasteiger partial charge in [-0.3, -0.25) is 4.79 Å². The van der Waals surface area contributed by atoms with Crippen LogP contribution in [0, 0.1) is 6.92 Å². The molecule has 1 fully saturated rings. The highest BCUT2D eigenvalue weighted by molar-refractivity contribution is 5.91. The summed E-state index contributed by atoms with van der Waals surface area (Å²) >= 11 is 0. The van der Waals surface area contributed by atoms with Crippen molar-refractivity contribution in [1.82, 2.24) is 5.32 Å². The van der Waals surface area contributed by atoms with E-state index in [0.717, 1.165) is 24.4 Å². The third-order valence-electron chi connectivity index (χ3n) is 4.91. The smallest absolute Gasteiger partial charge is 0.244 e. The van der Waals surface area contributed by atoms with Crippen LogP contribution in [0.3, 0.4) is 0 Å². The molecule has 0 spiro atoms. The molecule has 2 heterocycles. The van der Waals surface area contributed by atoms with Crippen molar-refractivity contribution in [3.8, 4) is 5.75 Å². The molecule has 0 atom stereocenters. The molecule has 138 valence electrons. The zero-order chi connectivity index (χ0) is 18.4. The van der Waals surface area contributed by atoms with E-state index in [1.165, 1.54) is 11.6 Å². The summed E-state index contributed by atoms with van der Waals surface area (Å²) in [6.07, 6.45) is 4.95. The van der Waals surface area contributed by atoms with Gasteiger partial charge < -0.3 is 19.2 Å². The number of amides is 1. The average Bonchev–Trinajstić information content (AvgIpc) is 3.11. The highest BCUT2D eigenvalue weighted by atomic mass is 16.5. The Hall–Kier alpha value is -2.53. The van der Waals surface area contributed by atoms with Crippen LogP contribution in [0.25, 0.3) is 6.08 Å². The summed E-state index contributed by atoms with van der Waals surface area (Å²) in [5, 5.41) is 3.04. The van der Waals surface area contributed by atoms with Crippen molar-refractivity contribution in [1.29, 1.82) is 0 Å². The lowest BCUT2D eigenvalue weighted by molar-refractivity contribution is -0.116. The van der Waals surface area contributed by atoms with E-state index in [2.05, 4.69) is 17.4 Å². The van der Waals surface area contributed by atoms with Gasteiger partial charge in [0.2, 0.25) is 5.91 Å². The molecular weight excluding hydrogens is 330 g/mol. The van der Waals surface area contributed by atoms with Crippen molar-refractivity contribution in [2.24, 2.45) is 0 Å². The van der Waals surface area contributed by atoms with Crippen molar-refractivity contribution in [2.45, 2.75) is 25.2 Å². The van der Waals surface area contributed by atoms with Gasteiger partial charge in [-0.1, -0.05) is 12.1 Å². The van der Waals surface area contributed by atoms with Gasteiger partial charge in [-0.15, -0.1) is 0 Å².